The van der Waals surface area contributed by atoms with Gasteiger partial charge >= 0.3 is 0 Å². The van der Waals surface area contributed by atoms with Crippen LogP contribution in [0.3, 0.4) is 0 Å². The second kappa shape index (κ2) is 25.2. The van der Waals surface area contributed by atoms with E-state index in [2.05, 4.69) is 411 Å². The van der Waals surface area contributed by atoms with Gasteiger partial charge in [-0.2, -0.15) is 0 Å². The Balaban J connectivity index is 0.842. The van der Waals surface area contributed by atoms with Crippen molar-refractivity contribution in [3.8, 4) is 51.2 Å². The zero-order valence-corrected chi connectivity index (χ0v) is 55.4. The zero-order chi connectivity index (χ0) is 67.5. The molecule has 480 valence electrons. The molecule has 9 nitrogen and oxygen atoms in total. The van der Waals surface area contributed by atoms with Crippen LogP contribution in [0, 0.1) is 0 Å². The molecule has 0 aliphatic carbocycles. The van der Waals surface area contributed by atoms with Gasteiger partial charge in [0.05, 0.1) is 50.2 Å². The molecule has 0 N–H and O–H groups in total. The highest BCUT2D eigenvalue weighted by molar-refractivity contribution is 6.14. The van der Waals surface area contributed by atoms with E-state index < -0.39 is 0 Å². The molecule has 9 heteroatoms. The van der Waals surface area contributed by atoms with E-state index >= 15 is 0 Å². The van der Waals surface area contributed by atoms with Gasteiger partial charge in [-0.15, -0.1) is 0 Å². The fourth-order valence-electron chi connectivity index (χ4n) is 15.2. The SMILES string of the molecule is c1ccc(N(c2ccc3c(c2)c2ccccc2n3-c2ccccc2)c2ccccc2-c2nc(-c3ccccc3N(c3ccccc3)c3ccc4c(c3)c3ccccc3n4-c3ccccc3)nc(-c3ccccc3N(c3ccccc3)c3ccc4c(c3)c3ccccc3n4-c3ccccc3)n2)cc1. The van der Waals surface area contributed by atoms with Crippen molar-refractivity contribution in [2.45, 2.75) is 0 Å². The van der Waals surface area contributed by atoms with Crippen LogP contribution in [0.25, 0.3) is 117 Å². The van der Waals surface area contributed by atoms with Crippen molar-refractivity contribution in [1.29, 1.82) is 0 Å². The molecule has 0 radical (unpaired) electrons. The molecule has 4 aromatic heterocycles. The molecule has 19 rings (SSSR count). The molecular formula is C93H63N9. The fourth-order valence-corrected chi connectivity index (χ4v) is 15.2. The number of hydrogen-bond acceptors (Lipinski definition) is 6. The molecule has 15 aromatic carbocycles. The van der Waals surface area contributed by atoms with Gasteiger partial charge in [-0.25, -0.2) is 15.0 Å². The molecule has 0 spiro atoms. The van der Waals surface area contributed by atoms with Crippen molar-refractivity contribution in [1.82, 2.24) is 28.7 Å². The lowest BCUT2D eigenvalue weighted by atomic mass is 10.0. The molecule has 0 bridgehead atoms. The van der Waals surface area contributed by atoms with Gasteiger partial charge in [-0.1, -0.05) is 200 Å². The Kier molecular flexibility index (Phi) is 14.7. The number of hydrogen-bond donors (Lipinski definition) is 0. The Morgan fingerprint density at radius 3 is 0.686 bits per heavy atom. The standard InChI is InChI=1S/C93H63N9/c1-7-31-64(32-8-1)97(70-55-58-88-79(61-70)73-43-19-25-49-82(73)100(88)67-37-13-4-14-38-67)85-52-28-22-46-76(85)91-94-92(77-47-23-29-53-86(77)98(65-33-9-2-10-34-65)71-56-59-89-80(62-71)74-44-20-26-50-83(74)101(89)68-39-15-5-16-40-68)96-93(95-91)78-48-24-30-54-87(78)99(66-35-11-3-12-36-66)72-57-60-90-81(63-72)75-45-21-27-51-84(75)102(90)69-41-17-6-18-42-69/h1-63H. The summed E-state index contributed by atoms with van der Waals surface area (Å²) in [4.78, 5) is 24.4. The second-order valence-electron chi connectivity index (χ2n) is 25.5. The lowest BCUT2D eigenvalue weighted by molar-refractivity contribution is 1.07. The van der Waals surface area contributed by atoms with Crippen LogP contribution in [-0.2, 0) is 0 Å². The lowest BCUT2D eigenvalue weighted by Crippen LogP contribution is -2.14. The van der Waals surface area contributed by atoms with Gasteiger partial charge in [0, 0.05) is 100 Å². The van der Waals surface area contributed by atoms with E-state index in [-0.39, 0.29) is 0 Å². The molecule has 102 heavy (non-hydrogen) atoms. The Hall–Kier alpha value is -13.9. The summed E-state index contributed by atoms with van der Waals surface area (Å²) in [5.41, 5.74) is 21.0. The molecule has 0 unspecified atom stereocenters. The van der Waals surface area contributed by atoms with Crippen LogP contribution in [-0.4, -0.2) is 28.7 Å². The maximum absolute atomic E-state index is 5.80. The van der Waals surface area contributed by atoms with Gasteiger partial charge in [0.25, 0.3) is 0 Å². The van der Waals surface area contributed by atoms with E-state index in [0.717, 1.165) is 150 Å². The largest absolute Gasteiger partial charge is 0.310 e. The Labute approximate surface area is 589 Å². The lowest BCUT2D eigenvalue weighted by Gasteiger charge is -2.29. The van der Waals surface area contributed by atoms with E-state index in [1.165, 1.54) is 0 Å². The molecule has 0 fully saturated rings. The highest BCUT2D eigenvalue weighted by Gasteiger charge is 2.28. The third-order valence-corrected chi connectivity index (χ3v) is 19.6. The number of nitrogens with zero attached hydrogens (tertiary/aromatic N) is 9. The van der Waals surface area contributed by atoms with Crippen LogP contribution < -0.4 is 14.7 Å². The van der Waals surface area contributed by atoms with Crippen molar-refractivity contribution in [3.63, 3.8) is 0 Å². The van der Waals surface area contributed by atoms with Crippen molar-refractivity contribution < 1.29 is 0 Å². The summed E-state index contributed by atoms with van der Waals surface area (Å²) in [6.07, 6.45) is 0. The zero-order valence-electron chi connectivity index (χ0n) is 55.4. The minimum absolute atomic E-state index is 0.501. The number of benzene rings is 15. The summed E-state index contributed by atoms with van der Waals surface area (Å²) in [6, 6.07) is 136. The first-order chi connectivity index (χ1) is 50.6. The number of fused-ring (bicyclic) bond motifs is 9. The van der Waals surface area contributed by atoms with Crippen molar-refractivity contribution in [2.75, 3.05) is 14.7 Å². The van der Waals surface area contributed by atoms with Crippen LogP contribution in [0.5, 0.6) is 0 Å². The minimum atomic E-state index is 0.501. The van der Waals surface area contributed by atoms with Crippen LogP contribution in [0.1, 0.15) is 0 Å². The molecule has 19 aromatic rings. The highest BCUT2D eigenvalue weighted by Crippen LogP contribution is 2.49. The van der Waals surface area contributed by atoms with Gasteiger partial charge in [-0.3, -0.25) is 0 Å². The van der Waals surface area contributed by atoms with Gasteiger partial charge in [-0.05, 0) is 182 Å². The molecule has 0 aliphatic heterocycles. The van der Waals surface area contributed by atoms with Crippen molar-refractivity contribution >= 4 is 117 Å². The average Bonchev–Trinajstić information content (AvgIpc) is 1.51. The van der Waals surface area contributed by atoms with E-state index in [1.807, 2.05) is 0 Å². The summed E-state index contributed by atoms with van der Waals surface area (Å²) in [7, 11) is 0. The Bertz CT molecular complexity index is 5700. The molecule has 0 saturated heterocycles. The molecule has 4 heterocycles. The predicted molar refractivity (Wildman–Crippen MR) is 423 cm³/mol. The summed E-state index contributed by atoms with van der Waals surface area (Å²) in [5.74, 6) is 1.50. The second-order valence-corrected chi connectivity index (χ2v) is 25.5. The van der Waals surface area contributed by atoms with Gasteiger partial charge in [0.2, 0.25) is 0 Å². The average molecular weight is 1310 g/mol. The minimum Gasteiger partial charge on any atom is -0.310 e. The van der Waals surface area contributed by atoms with Crippen LogP contribution in [0.2, 0.25) is 0 Å². The summed E-state index contributed by atoms with van der Waals surface area (Å²) < 4.78 is 7.09. The smallest absolute Gasteiger partial charge is 0.166 e. The topological polar surface area (TPSA) is 63.2 Å². The van der Waals surface area contributed by atoms with Crippen LogP contribution in [0.15, 0.2) is 382 Å². The summed E-state index contributed by atoms with van der Waals surface area (Å²) in [5, 5.41) is 6.89. The highest BCUT2D eigenvalue weighted by atomic mass is 15.2. The van der Waals surface area contributed by atoms with Crippen molar-refractivity contribution in [2.24, 2.45) is 0 Å². The first-order valence-electron chi connectivity index (χ1n) is 34.5. The normalized spacial score (nSPS) is 11.5. The Morgan fingerprint density at radius 1 is 0.176 bits per heavy atom. The van der Waals surface area contributed by atoms with Crippen molar-refractivity contribution in [3.05, 3.63) is 382 Å². The predicted octanol–water partition coefficient (Wildman–Crippen LogP) is 24.6. The van der Waals surface area contributed by atoms with E-state index in [4.69, 9.17) is 15.0 Å². The molecule has 0 amide bonds. The number of anilines is 9. The molecular weight excluding hydrogens is 1240 g/mol. The number of para-hydroxylation sites is 12. The third-order valence-electron chi connectivity index (χ3n) is 19.6. The molecule has 0 aliphatic rings. The van der Waals surface area contributed by atoms with Gasteiger partial charge in [0.15, 0.2) is 17.5 Å². The monoisotopic (exact) mass is 1310 g/mol. The van der Waals surface area contributed by atoms with E-state index in [9.17, 15) is 0 Å². The Morgan fingerprint density at radius 2 is 0.402 bits per heavy atom. The molecule has 0 atom stereocenters. The third kappa shape index (κ3) is 10.2. The summed E-state index contributed by atoms with van der Waals surface area (Å²) in [6.45, 7) is 0. The molecule has 0 saturated carbocycles. The fraction of sp³-hybridized carbons (Fsp3) is 0. The van der Waals surface area contributed by atoms with Crippen LogP contribution in [0.4, 0.5) is 51.2 Å². The van der Waals surface area contributed by atoms with E-state index in [0.29, 0.717) is 17.5 Å². The number of aromatic nitrogens is 6. The quantitative estimate of drug-likeness (QED) is 0.102. The first kappa shape index (κ1) is 59.4. The summed E-state index contributed by atoms with van der Waals surface area (Å²) >= 11 is 0. The van der Waals surface area contributed by atoms with E-state index in [1.54, 1.807) is 0 Å². The first-order valence-corrected chi connectivity index (χ1v) is 34.5. The number of rotatable bonds is 15. The maximum atomic E-state index is 5.80. The maximum Gasteiger partial charge on any atom is 0.166 e. The van der Waals surface area contributed by atoms with Gasteiger partial charge in [0.1, 0.15) is 0 Å². The van der Waals surface area contributed by atoms with Gasteiger partial charge < -0.3 is 28.4 Å². The van der Waals surface area contributed by atoms with Crippen LogP contribution >= 0.6 is 0 Å².